The summed E-state index contributed by atoms with van der Waals surface area (Å²) in [4.78, 5) is 15.7. The van der Waals surface area contributed by atoms with Crippen LogP contribution in [0.25, 0.3) is 78.0 Å². The van der Waals surface area contributed by atoms with E-state index >= 15 is 0 Å². The molecule has 2 heterocycles. The predicted molar refractivity (Wildman–Crippen MR) is 207 cm³/mol. The molecule has 236 valence electrons. The van der Waals surface area contributed by atoms with Gasteiger partial charge in [0.15, 0.2) is 5.82 Å². The number of para-hydroxylation sites is 1. The van der Waals surface area contributed by atoms with Crippen LogP contribution in [0.15, 0.2) is 176 Å². The molecular weight excluding hydrogens is 619 g/mol. The zero-order valence-corrected chi connectivity index (χ0v) is 27.6. The van der Waals surface area contributed by atoms with Crippen molar-refractivity contribution < 1.29 is 0 Å². The van der Waals surface area contributed by atoms with Crippen LogP contribution >= 0.6 is 0 Å². The Labute approximate surface area is 295 Å². The van der Waals surface area contributed by atoms with Gasteiger partial charge in [-0.05, 0) is 39.3 Å². The predicted octanol–water partition coefficient (Wildman–Crippen LogP) is 11.5. The Morgan fingerprint density at radius 1 is 0.314 bits per heavy atom. The SMILES string of the molecule is c1ccc(-c2nc(-c3ccc(-c4nc5c(c6ccccc46)C4(c6ccccc6-c6ccccc64)c4ccccc4-5)cc3)nc3ccccc23)cc1. The number of aromatic nitrogens is 3. The molecule has 0 amide bonds. The van der Waals surface area contributed by atoms with Crippen molar-refractivity contribution >= 4 is 21.7 Å². The Morgan fingerprint density at radius 3 is 1.51 bits per heavy atom. The number of pyridine rings is 1. The summed E-state index contributed by atoms with van der Waals surface area (Å²) >= 11 is 0. The first-order valence-corrected chi connectivity index (χ1v) is 17.5. The van der Waals surface area contributed by atoms with Crippen LogP contribution in [0.3, 0.4) is 0 Å². The molecule has 0 atom stereocenters. The first-order chi connectivity index (χ1) is 25.3. The van der Waals surface area contributed by atoms with Gasteiger partial charge in [0.05, 0.1) is 28.0 Å². The summed E-state index contributed by atoms with van der Waals surface area (Å²) in [7, 11) is 0. The topological polar surface area (TPSA) is 38.7 Å². The Kier molecular flexibility index (Phi) is 5.88. The first-order valence-electron chi connectivity index (χ1n) is 17.5. The largest absolute Gasteiger partial charge is 0.247 e. The van der Waals surface area contributed by atoms with Crippen LogP contribution in [0.1, 0.15) is 22.3 Å². The van der Waals surface area contributed by atoms with Crippen molar-refractivity contribution in [3.8, 4) is 56.3 Å². The normalized spacial score (nSPS) is 13.3. The van der Waals surface area contributed by atoms with Crippen LogP contribution in [0.5, 0.6) is 0 Å². The van der Waals surface area contributed by atoms with E-state index in [0.717, 1.165) is 50.1 Å². The summed E-state index contributed by atoms with van der Waals surface area (Å²) in [5.41, 5.74) is 15.6. The van der Waals surface area contributed by atoms with Gasteiger partial charge in [0.25, 0.3) is 0 Å². The molecule has 2 aliphatic rings. The third-order valence-electron chi connectivity index (χ3n) is 10.9. The van der Waals surface area contributed by atoms with E-state index < -0.39 is 5.41 Å². The van der Waals surface area contributed by atoms with Crippen LogP contribution in [0.4, 0.5) is 0 Å². The highest BCUT2D eigenvalue weighted by atomic mass is 14.9. The molecule has 0 N–H and O–H groups in total. The van der Waals surface area contributed by atoms with Gasteiger partial charge in [0.2, 0.25) is 0 Å². The van der Waals surface area contributed by atoms with E-state index in [1.807, 2.05) is 18.2 Å². The van der Waals surface area contributed by atoms with E-state index in [2.05, 4.69) is 158 Å². The summed E-state index contributed by atoms with van der Waals surface area (Å²) < 4.78 is 0. The number of hydrogen-bond acceptors (Lipinski definition) is 3. The second-order valence-corrected chi connectivity index (χ2v) is 13.5. The second-order valence-electron chi connectivity index (χ2n) is 13.5. The minimum atomic E-state index is -0.446. The van der Waals surface area contributed by atoms with Crippen LogP contribution in [-0.4, -0.2) is 15.0 Å². The molecule has 0 bridgehead atoms. The molecule has 1 spiro atoms. The summed E-state index contributed by atoms with van der Waals surface area (Å²) in [5, 5.41) is 3.42. The maximum atomic E-state index is 5.62. The van der Waals surface area contributed by atoms with Crippen molar-refractivity contribution in [1.29, 1.82) is 0 Å². The Morgan fingerprint density at radius 2 is 0.804 bits per heavy atom. The van der Waals surface area contributed by atoms with Gasteiger partial charge in [-0.15, -0.1) is 0 Å². The Balaban J connectivity index is 1.12. The summed E-state index contributed by atoms with van der Waals surface area (Å²) in [6.07, 6.45) is 0. The fraction of sp³-hybridized carbons (Fsp3) is 0.0208. The van der Waals surface area contributed by atoms with Crippen molar-refractivity contribution in [2.75, 3.05) is 0 Å². The molecule has 0 fully saturated rings. The van der Waals surface area contributed by atoms with Gasteiger partial charge < -0.3 is 0 Å². The summed E-state index contributed by atoms with van der Waals surface area (Å²) in [5.74, 6) is 0.709. The Bertz CT molecular complexity index is 2810. The molecule has 0 saturated heterocycles. The van der Waals surface area contributed by atoms with Gasteiger partial charge in [-0.1, -0.05) is 170 Å². The summed E-state index contributed by atoms with van der Waals surface area (Å²) in [6, 6.07) is 62.8. The van der Waals surface area contributed by atoms with Crippen LogP contribution < -0.4 is 0 Å². The molecule has 0 aliphatic heterocycles. The monoisotopic (exact) mass is 647 g/mol. The molecule has 0 radical (unpaired) electrons. The van der Waals surface area contributed by atoms with E-state index in [1.165, 1.54) is 44.3 Å². The van der Waals surface area contributed by atoms with E-state index in [9.17, 15) is 0 Å². The summed E-state index contributed by atoms with van der Waals surface area (Å²) in [6.45, 7) is 0. The lowest BCUT2D eigenvalue weighted by Gasteiger charge is -2.31. The minimum absolute atomic E-state index is 0.446. The van der Waals surface area contributed by atoms with E-state index in [4.69, 9.17) is 15.0 Å². The quantitative estimate of drug-likeness (QED) is 0.192. The highest BCUT2D eigenvalue weighted by molar-refractivity contribution is 6.06. The van der Waals surface area contributed by atoms with Crippen LogP contribution in [0.2, 0.25) is 0 Å². The van der Waals surface area contributed by atoms with Crippen molar-refractivity contribution in [2.24, 2.45) is 0 Å². The van der Waals surface area contributed by atoms with Gasteiger partial charge in [0, 0.05) is 38.6 Å². The zero-order valence-electron chi connectivity index (χ0n) is 27.6. The van der Waals surface area contributed by atoms with E-state index in [1.54, 1.807) is 0 Å². The average molecular weight is 648 g/mol. The molecule has 3 nitrogen and oxygen atoms in total. The number of hydrogen-bond donors (Lipinski definition) is 0. The smallest absolute Gasteiger partial charge is 0.160 e. The maximum absolute atomic E-state index is 5.62. The van der Waals surface area contributed by atoms with Crippen LogP contribution in [-0.2, 0) is 5.41 Å². The van der Waals surface area contributed by atoms with E-state index in [0.29, 0.717) is 5.82 Å². The standard InChI is InChI=1S/C48H29N3/c1-2-14-30(15-3-1)45-38-21-9-13-25-42(38)49-47(51-45)32-28-26-31(27-29-32)44-36-19-5-4-18-35(36)43-46(50-44)37-20-8-12-24-41(37)48(43)39-22-10-6-16-33(39)34-17-7-11-23-40(34)48/h1-29H. The van der Waals surface area contributed by atoms with Crippen molar-refractivity contribution in [2.45, 2.75) is 5.41 Å². The number of rotatable bonds is 3. The van der Waals surface area contributed by atoms with Crippen LogP contribution in [0, 0.1) is 0 Å². The third-order valence-corrected chi connectivity index (χ3v) is 10.9. The first kappa shape index (κ1) is 28.2. The number of fused-ring (bicyclic) bond motifs is 13. The molecule has 9 aromatic rings. The molecule has 0 saturated carbocycles. The molecule has 51 heavy (non-hydrogen) atoms. The maximum Gasteiger partial charge on any atom is 0.160 e. The molecule has 11 rings (SSSR count). The molecule has 2 aromatic heterocycles. The number of benzene rings is 7. The zero-order chi connectivity index (χ0) is 33.5. The minimum Gasteiger partial charge on any atom is -0.247 e. The second kappa shape index (κ2) is 10.6. The van der Waals surface area contributed by atoms with Crippen molar-refractivity contribution in [1.82, 2.24) is 15.0 Å². The molecule has 2 aliphatic carbocycles. The average Bonchev–Trinajstić information content (AvgIpc) is 3.68. The van der Waals surface area contributed by atoms with Gasteiger partial charge in [0.1, 0.15) is 0 Å². The third kappa shape index (κ3) is 3.86. The lowest BCUT2D eigenvalue weighted by Crippen LogP contribution is -2.26. The fourth-order valence-electron chi connectivity index (χ4n) is 8.80. The van der Waals surface area contributed by atoms with Gasteiger partial charge in [-0.2, -0.15) is 0 Å². The Hall–Kier alpha value is -6.71. The van der Waals surface area contributed by atoms with Crippen molar-refractivity contribution in [3.05, 3.63) is 198 Å². The fourth-order valence-corrected chi connectivity index (χ4v) is 8.80. The molecule has 7 aromatic carbocycles. The van der Waals surface area contributed by atoms with Gasteiger partial charge in [-0.25, -0.2) is 15.0 Å². The van der Waals surface area contributed by atoms with Gasteiger partial charge in [-0.3, -0.25) is 0 Å². The highest BCUT2D eigenvalue weighted by Gasteiger charge is 2.53. The molecule has 0 unspecified atom stereocenters. The van der Waals surface area contributed by atoms with E-state index in [-0.39, 0.29) is 0 Å². The molecule has 3 heteroatoms. The highest BCUT2D eigenvalue weighted by Crippen LogP contribution is 2.64. The number of nitrogens with zero attached hydrogens (tertiary/aromatic N) is 3. The lowest BCUT2D eigenvalue weighted by atomic mass is 9.69. The van der Waals surface area contributed by atoms with Crippen molar-refractivity contribution in [3.63, 3.8) is 0 Å². The van der Waals surface area contributed by atoms with Gasteiger partial charge >= 0.3 is 0 Å². The lowest BCUT2D eigenvalue weighted by molar-refractivity contribution is 0.799. The molecular formula is C48H29N3.